The number of hydrogen-bond donors (Lipinski definition) is 2. The number of rotatable bonds is 7. The lowest BCUT2D eigenvalue weighted by molar-refractivity contribution is -0.134. The van der Waals surface area contributed by atoms with Crippen LogP contribution in [0.25, 0.3) is 0 Å². The first-order chi connectivity index (χ1) is 9.22. The smallest absolute Gasteiger partial charge is 0.240 e. The van der Waals surface area contributed by atoms with Crippen LogP contribution < -0.4 is 0 Å². The zero-order chi connectivity index (χ0) is 14.1. The van der Waals surface area contributed by atoms with E-state index in [0.717, 1.165) is 5.56 Å². The third kappa shape index (κ3) is 4.70. The van der Waals surface area contributed by atoms with Crippen molar-refractivity contribution in [3.8, 4) is 6.07 Å². The molecule has 2 N–H and O–H groups in total. The minimum absolute atomic E-state index is 0.131. The van der Waals surface area contributed by atoms with Gasteiger partial charge < -0.3 is 15.1 Å². The van der Waals surface area contributed by atoms with Crippen molar-refractivity contribution < 1.29 is 15.0 Å². The lowest BCUT2D eigenvalue weighted by Gasteiger charge is -2.23. The first-order valence-corrected chi connectivity index (χ1v) is 6.17. The summed E-state index contributed by atoms with van der Waals surface area (Å²) in [5, 5.41) is 26.9. The summed E-state index contributed by atoms with van der Waals surface area (Å²) in [6, 6.07) is 11.3. The van der Waals surface area contributed by atoms with Gasteiger partial charge in [0.15, 0.2) is 0 Å². The lowest BCUT2D eigenvalue weighted by atomic mass is 9.99. The maximum absolute atomic E-state index is 12.1. The Balaban J connectivity index is 2.73. The van der Waals surface area contributed by atoms with Crippen molar-refractivity contribution in [3.63, 3.8) is 0 Å². The van der Waals surface area contributed by atoms with Crippen molar-refractivity contribution in [1.82, 2.24) is 4.90 Å². The molecular weight excluding hydrogens is 244 g/mol. The number of amides is 1. The summed E-state index contributed by atoms with van der Waals surface area (Å²) in [6.07, 6.45) is 0.337. The number of aliphatic hydroxyl groups excluding tert-OH is 2. The van der Waals surface area contributed by atoms with Crippen LogP contribution in [0.5, 0.6) is 0 Å². The molecule has 0 aliphatic rings. The second-order valence-electron chi connectivity index (χ2n) is 4.14. The zero-order valence-corrected chi connectivity index (χ0v) is 10.7. The molecule has 5 nitrogen and oxygen atoms in total. The number of carbonyl (C=O) groups excluding carboxylic acids is 1. The predicted octanol–water partition coefficient (Wildman–Crippen LogP) is 0.182. The molecule has 0 fully saturated rings. The van der Waals surface area contributed by atoms with E-state index in [0.29, 0.717) is 6.42 Å². The molecule has 0 aliphatic heterocycles. The van der Waals surface area contributed by atoms with E-state index in [1.54, 1.807) is 0 Å². The van der Waals surface area contributed by atoms with Gasteiger partial charge in [-0.1, -0.05) is 30.3 Å². The van der Waals surface area contributed by atoms with Crippen LogP contribution in [0.4, 0.5) is 0 Å². The van der Waals surface area contributed by atoms with E-state index in [9.17, 15) is 4.79 Å². The second-order valence-corrected chi connectivity index (χ2v) is 4.14. The fraction of sp³-hybridized carbons (Fsp3) is 0.429. The second kappa shape index (κ2) is 8.25. The normalized spacial score (nSPS) is 11.6. The number of aliphatic hydroxyl groups is 2. The number of carbonyl (C=O) groups is 1. The Hall–Kier alpha value is -1.90. The molecule has 1 atom stereocenters. The van der Waals surface area contributed by atoms with Crippen LogP contribution in [-0.4, -0.2) is 47.3 Å². The Morgan fingerprint density at radius 3 is 2.26 bits per heavy atom. The Bertz CT molecular complexity index is 422. The van der Waals surface area contributed by atoms with E-state index in [1.807, 2.05) is 36.4 Å². The molecule has 1 aromatic rings. The van der Waals surface area contributed by atoms with Crippen molar-refractivity contribution >= 4 is 5.91 Å². The molecule has 0 aliphatic carbocycles. The molecule has 0 spiro atoms. The third-order valence-corrected chi connectivity index (χ3v) is 2.79. The SMILES string of the molecule is N#CC(Cc1ccccc1)C(=O)N(CCO)CCO. The van der Waals surface area contributed by atoms with Gasteiger partial charge >= 0.3 is 0 Å². The summed E-state index contributed by atoms with van der Waals surface area (Å²) in [6.45, 7) is -0.108. The predicted molar refractivity (Wildman–Crippen MR) is 70.0 cm³/mol. The van der Waals surface area contributed by atoms with Crippen LogP contribution >= 0.6 is 0 Å². The molecule has 102 valence electrons. The Morgan fingerprint density at radius 1 is 1.21 bits per heavy atom. The molecule has 1 rings (SSSR count). The molecule has 0 bridgehead atoms. The van der Waals surface area contributed by atoms with Gasteiger partial charge in [-0.3, -0.25) is 4.79 Å². The van der Waals surface area contributed by atoms with E-state index in [-0.39, 0.29) is 32.2 Å². The molecule has 1 aromatic carbocycles. The highest BCUT2D eigenvalue weighted by Crippen LogP contribution is 2.11. The summed E-state index contributed by atoms with van der Waals surface area (Å²) in [4.78, 5) is 13.5. The first-order valence-electron chi connectivity index (χ1n) is 6.17. The molecular formula is C14H18N2O3. The summed E-state index contributed by atoms with van der Waals surface area (Å²) < 4.78 is 0. The van der Waals surface area contributed by atoms with Crippen LogP contribution in [0, 0.1) is 17.2 Å². The Kier molecular flexibility index (Phi) is 6.58. The van der Waals surface area contributed by atoms with Gasteiger partial charge in [-0.05, 0) is 12.0 Å². The van der Waals surface area contributed by atoms with Crippen molar-refractivity contribution in [1.29, 1.82) is 5.26 Å². The highest BCUT2D eigenvalue weighted by Gasteiger charge is 2.23. The standard InChI is InChI=1S/C14H18N2O3/c15-11-13(10-12-4-2-1-3-5-12)14(19)16(6-8-17)7-9-18/h1-5,13,17-18H,6-10H2. The van der Waals surface area contributed by atoms with Crippen LogP contribution in [-0.2, 0) is 11.2 Å². The maximum Gasteiger partial charge on any atom is 0.240 e. The monoisotopic (exact) mass is 262 g/mol. The van der Waals surface area contributed by atoms with Crippen LogP contribution in [0.2, 0.25) is 0 Å². The summed E-state index contributed by atoms with van der Waals surface area (Å²) in [5.41, 5.74) is 0.912. The largest absolute Gasteiger partial charge is 0.395 e. The molecule has 0 saturated heterocycles. The number of hydrogen-bond acceptors (Lipinski definition) is 4. The van der Waals surface area contributed by atoms with Crippen molar-refractivity contribution in [3.05, 3.63) is 35.9 Å². The van der Waals surface area contributed by atoms with Gasteiger partial charge in [0, 0.05) is 13.1 Å². The quantitative estimate of drug-likeness (QED) is 0.734. The van der Waals surface area contributed by atoms with Crippen LogP contribution in [0.15, 0.2) is 30.3 Å². The van der Waals surface area contributed by atoms with Crippen LogP contribution in [0.1, 0.15) is 5.56 Å². The van der Waals surface area contributed by atoms with Crippen molar-refractivity contribution in [2.75, 3.05) is 26.3 Å². The van der Waals surface area contributed by atoms with Crippen LogP contribution in [0.3, 0.4) is 0 Å². The fourth-order valence-corrected chi connectivity index (χ4v) is 1.83. The molecule has 1 unspecified atom stereocenters. The fourth-order valence-electron chi connectivity index (χ4n) is 1.83. The average Bonchev–Trinajstić information content (AvgIpc) is 2.45. The van der Waals surface area contributed by atoms with Gasteiger partial charge in [0.1, 0.15) is 5.92 Å². The van der Waals surface area contributed by atoms with Gasteiger partial charge in [0.2, 0.25) is 5.91 Å². The van der Waals surface area contributed by atoms with E-state index in [4.69, 9.17) is 15.5 Å². The van der Waals surface area contributed by atoms with Crippen molar-refractivity contribution in [2.24, 2.45) is 5.92 Å². The van der Waals surface area contributed by atoms with E-state index in [2.05, 4.69) is 0 Å². The number of nitrogens with zero attached hydrogens (tertiary/aromatic N) is 2. The average molecular weight is 262 g/mol. The molecule has 5 heteroatoms. The number of nitriles is 1. The maximum atomic E-state index is 12.1. The third-order valence-electron chi connectivity index (χ3n) is 2.79. The van der Waals surface area contributed by atoms with Gasteiger partial charge in [-0.15, -0.1) is 0 Å². The minimum Gasteiger partial charge on any atom is -0.395 e. The molecule has 0 aromatic heterocycles. The van der Waals surface area contributed by atoms with Gasteiger partial charge in [-0.2, -0.15) is 5.26 Å². The molecule has 1 amide bonds. The molecule has 0 saturated carbocycles. The first kappa shape index (κ1) is 15.2. The van der Waals surface area contributed by atoms with E-state index in [1.165, 1.54) is 4.90 Å². The summed E-state index contributed by atoms with van der Waals surface area (Å²) in [7, 11) is 0. The molecule has 19 heavy (non-hydrogen) atoms. The highest BCUT2D eigenvalue weighted by atomic mass is 16.3. The minimum atomic E-state index is -0.791. The summed E-state index contributed by atoms with van der Waals surface area (Å²) >= 11 is 0. The topological polar surface area (TPSA) is 84.6 Å². The van der Waals surface area contributed by atoms with Gasteiger partial charge in [-0.25, -0.2) is 0 Å². The van der Waals surface area contributed by atoms with E-state index < -0.39 is 5.92 Å². The Morgan fingerprint density at radius 2 is 1.79 bits per heavy atom. The lowest BCUT2D eigenvalue weighted by Crippen LogP contribution is -2.40. The Labute approximate surface area is 112 Å². The molecule has 0 radical (unpaired) electrons. The summed E-state index contributed by atoms with van der Waals surface area (Å²) in [5.74, 6) is -1.14. The van der Waals surface area contributed by atoms with E-state index >= 15 is 0 Å². The molecule has 0 heterocycles. The zero-order valence-electron chi connectivity index (χ0n) is 10.7. The highest BCUT2D eigenvalue weighted by molar-refractivity contribution is 5.81. The number of benzene rings is 1. The van der Waals surface area contributed by atoms with Crippen molar-refractivity contribution in [2.45, 2.75) is 6.42 Å². The van der Waals surface area contributed by atoms with Gasteiger partial charge in [0.25, 0.3) is 0 Å². The van der Waals surface area contributed by atoms with Gasteiger partial charge in [0.05, 0.1) is 19.3 Å².